The Morgan fingerprint density at radius 3 is 2.84 bits per heavy atom. The van der Waals surface area contributed by atoms with Gasteiger partial charge in [0.1, 0.15) is 5.52 Å². The summed E-state index contributed by atoms with van der Waals surface area (Å²) in [6.07, 6.45) is 1.47. The first-order valence-electron chi connectivity index (χ1n) is 6.21. The van der Waals surface area contributed by atoms with Gasteiger partial charge in [-0.25, -0.2) is 4.98 Å². The first-order valence-corrected chi connectivity index (χ1v) is 7.19. The minimum Gasteiger partial charge on any atom is -0.481 e. The van der Waals surface area contributed by atoms with Crippen molar-refractivity contribution < 1.29 is 14.3 Å². The first-order chi connectivity index (χ1) is 8.99. The summed E-state index contributed by atoms with van der Waals surface area (Å²) in [7, 11) is 0. The molecular formula is C14H17NO3S. The largest absolute Gasteiger partial charge is 0.481 e. The summed E-state index contributed by atoms with van der Waals surface area (Å²) in [5.74, 6) is 0.0585. The number of carboxylic acids is 1. The summed E-state index contributed by atoms with van der Waals surface area (Å²) in [5, 5.41) is 9.66. The third-order valence-electron chi connectivity index (χ3n) is 3.02. The second-order valence-electron chi connectivity index (χ2n) is 5.09. The molecule has 1 aromatic heterocycles. The van der Waals surface area contributed by atoms with Gasteiger partial charge in [0.05, 0.1) is 5.41 Å². The molecule has 0 aliphatic rings. The first kappa shape index (κ1) is 13.9. The number of thioether (sulfide) groups is 1. The molecule has 0 bridgehead atoms. The van der Waals surface area contributed by atoms with Crippen LogP contribution in [0.1, 0.15) is 26.7 Å². The Balaban J connectivity index is 1.84. The molecule has 0 atom stereocenters. The van der Waals surface area contributed by atoms with E-state index in [-0.39, 0.29) is 0 Å². The van der Waals surface area contributed by atoms with Crippen LogP contribution in [0.15, 0.2) is 33.9 Å². The number of carbonyl (C=O) groups is 1. The van der Waals surface area contributed by atoms with Gasteiger partial charge < -0.3 is 9.52 Å². The Morgan fingerprint density at radius 2 is 2.16 bits per heavy atom. The van der Waals surface area contributed by atoms with E-state index in [1.807, 2.05) is 24.3 Å². The van der Waals surface area contributed by atoms with Gasteiger partial charge in [-0.05, 0) is 38.8 Å². The number of carboxylic acid groups (broad SMARTS) is 1. The Labute approximate surface area is 116 Å². The molecule has 0 radical (unpaired) electrons. The van der Waals surface area contributed by atoms with Crippen molar-refractivity contribution in [1.29, 1.82) is 0 Å². The highest BCUT2D eigenvalue weighted by atomic mass is 32.2. The predicted octanol–water partition coefficient (Wildman–Crippen LogP) is 3.81. The molecule has 1 heterocycles. The highest BCUT2D eigenvalue weighted by Gasteiger charge is 2.26. The van der Waals surface area contributed by atoms with Crippen LogP contribution in [-0.2, 0) is 4.79 Å². The van der Waals surface area contributed by atoms with Crippen molar-refractivity contribution in [1.82, 2.24) is 4.98 Å². The second-order valence-corrected chi connectivity index (χ2v) is 6.13. The lowest BCUT2D eigenvalue weighted by atomic mass is 9.88. The molecule has 0 unspecified atom stereocenters. The summed E-state index contributed by atoms with van der Waals surface area (Å²) in [6.45, 7) is 3.50. The summed E-state index contributed by atoms with van der Waals surface area (Å²) >= 11 is 1.53. The molecule has 0 saturated carbocycles. The van der Waals surface area contributed by atoms with E-state index in [0.717, 1.165) is 23.3 Å². The summed E-state index contributed by atoms with van der Waals surface area (Å²) in [6, 6.07) is 7.64. The Hall–Kier alpha value is -1.49. The van der Waals surface area contributed by atoms with Crippen LogP contribution in [0.2, 0.25) is 0 Å². The molecule has 19 heavy (non-hydrogen) atoms. The molecule has 0 fully saturated rings. The Kier molecular flexibility index (Phi) is 4.14. The fourth-order valence-electron chi connectivity index (χ4n) is 1.69. The maximum atomic E-state index is 11.0. The minimum absolute atomic E-state index is 0.648. The number of para-hydroxylation sites is 2. The van der Waals surface area contributed by atoms with Gasteiger partial charge in [-0.1, -0.05) is 23.9 Å². The number of aliphatic carboxylic acids is 1. The monoisotopic (exact) mass is 279 g/mol. The van der Waals surface area contributed by atoms with E-state index in [1.165, 1.54) is 11.8 Å². The van der Waals surface area contributed by atoms with Crippen LogP contribution in [0.5, 0.6) is 0 Å². The van der Waals surface area contributed by atoms with Crippen LogP contribution in [-0.4, -0.2) is 21.8 Å². The van der Waals surface area contributed by atoms with Gasteiger partial charge in [0.2, 0.25) is 0 Å². The van der Waals surface area contributed by atoms with Crippen molar-refractivity contribution in [2.45, 2.75) is 31.9 Å². The molecule has 0 saturated heterocycles. The van der Waals surface area contributed by atoms with Gasteiger partial charge in [-0.2, -0.15) is 0 Å². The number of benzene rings is 1. The molecule has 0 aliphatic heterocycles. The molecule has 2 rings (SSSR count). The lowest BCUT2D eigenvalue weighted by molar-refractivity contribution is -0.147. The van der Waals surface area contributed by atoms with Gasteiger partial charge in [0.25, 0.3) is 5.22 Å². The Bertz CT molecular complexity index is 544. The van der Waals surface area contributed by atoms with Crippen LogP contribution in [0.25, 0.3) is 11.1 Å². The van der Waals surface area contributed by atoms with Crippen molar-refractivity contribution >= 4 is 28.8 Å². The Morgan fingerprint density at radius 1 is 1.42 bits per heavy atom. The topological polar surface area (TPSA) is 63.3 Å². The quantitative estimate of drug-likeness (QED) is 0.643. The molecule has 1 N–H and O–H groups in total. The van der Waals surface area contributed by atoms with E-state index in [0.29, 0.717) is 11.6 Å². The van der Waals surface area contributed by atoms with E-state index in [1.54, 1.807) is 13.8 Å². The molecule has 0 amide bonds. The molecule has 102 valence electrons. The maximum Gasteiger partial charge on any atom is 0.309 e. The predicted molar refractivity (Wildman–Crippen MR) is 75.4 cm³/mol. The van der Waals surface area contributed by atoms with Crippen molar-refractivity contribution in [3.63, 3.8) is 0 Å². The molecule has 2 aromatic rings. The number of rotatable bonds is 6. The zero-order chi connectivity index (χ0) is 13.9. The van der Waals surface area contributed by atoms with Crippen LogP contribution >= 0.6 is 11.8 Å². The highest BCUT2D eigenvalue weighted by molar-refractivity contribution is 7.99. The number of aromatic nitrogens is 1. The van der Waals surface area contributed by atoms with Crippen LogP contribution < -0.4 is 0 Å². The maximum absolute atomic E-state index is 11.0. The van der Waals surface area contributed by atoms with Gasteiger partial charge >= 0.3 is 5.97 Å². The van der Waals surface area contributed by atoms with Crippen molar-refractivity contribution in [2.24, 2.45) is 5.41 Å². The average Bonchev–Trinajstić information content (AvgIpc) is 2.77. The lowest BCUT2D eigenvalue weighted by Gasteiger charge is -2.17. The normalized spacial score (nSPS) is 11.9. The third kappa shape index (κ3) is 3.50. The van der Waals surface area contributed by atoms with Crippen LogP contribution in [0.3, 0.4) is 0 Å². The fraction of sp³-hybridized carbons (Fsp3) is 0.429. The van der Waals surface area contributed by atoms with E-state index in [2.05, 4.69) is 4.98 Å². The standard InChI is InChI=1S/C14H17NO3S/c1-14(2,12(16)17)8-5-9-19-13-15-10-6-3-4-7-11(10)18-13/h3-4,6-7H,5,8-9H2,1-2H3,(H,16,17). The van der Waals surface area contributed by atoms with Crippen molar-refractivity contribution in [3.05, 3.63) is 24.3 Å². The molecular weight excluding hydrogens is 262 g/mol. The second kappa shape index (κ2) is 5.65. The number of nitrogens with zero attached hydrogens (tertiary/aromatic N) is 1. The van der Waals surface area contributed by atoms with E-state index >= 15 is 0 Å². The number of hydrogen-bond acceptors (Lipinski definition) is 4. The van der Waals surface area contributed by atoms with E-state index in [9.17, 15) is 4.79 Å². The summed E-state index contributed by atoms with van der Waals surface area (Å²) in [5.41, 5.74) is 0.980. The fourth-order valence-corrected chi connectivity index (χ4v) is 2.47. The SMILES string of the molecule is CC(C)(CCCSc1nc2ccccc2o1)C(=O)O. The van der Waals surface area contributed by atoms with Gasteiger partial charge in [0, 0.05) is 5.75 Å². The molecule has 0 spiro atoms. The molecule has 0 aliphatic carbocycles. The number of fused-ring (bicyclic) bond motifs is 1. The molecule has 1 aromatic carbocycles. The van der Waals surface area contributed by atoms with Gasteiger partial charge in [-0.15, -0.1) is 0 Å². The average molecular weight is 279 g/mol. The van der Waals surface area contributed by atoms with Crippen LogP contribution in [0.4, 0.5) is 0 Å². The third-order valence-corrected chi connectivity index (χ3v) is 3.94. The van der Waals surface area contributed by atoms with Gasteiger partial charge in [0.15, 0.2) is 5.58 Å². The molecule has 5 heteroatoms. The number of hydrogen-bond donors (Lipinski definition) is 1. The van der Waals surface area contributed by atoms with Crippen molar-refractivity contribution in [3.8, 4) is 0 Å². The van der Waals surface area contributed by atoms with Crippen molar-refractivity contribution in [2.75, 3.05) is 5.75 Å². The molecule has 4 nitrogen and oxygen atoms in total. The van der Waals surface area contributed by atoms with E-state index < -0.39 is 11.4 Å². The minimum atomic E-state index is -0.751. The summed E-state index contributed by atoms with van der Waals surface area (Å²) < 4.78 is 5.58. The lowest BCUT2D eigenvalue weighted by Crippen LogP contribution is -2.23. The zero-order valence-electron chi connectivity index (χ0n) is 11.0. The van der Waals surface area contributed by atoms with Gasteiger partial charge in [-0.3, -0.25) is 4.79 Å². The van der Waals surface area contributed by atoms with E-state index in [4.69, 9.17) is 9.52 Å². The van der Waals surface area contributed by atoms with Crippen LogP contribution in [0, 0.1) is 5.41 Å². The smallest absolute Gasteiger partial charge is 0.309 e. The zero-order valence-corrected chi connectivity index (χ0v) is 11.9. The number of oxazole rings is 1. The summed E-state index contributed by atoms with van der Waals surface area (Å²) in [4.78, 5) is 15.3. The highest BCUT2D eigenvalue weighted by Crippen LogP contribution is 2.27.